The van der Waals surface area contributed by atoms with E-state index in [0.717, 1.165) is 5.56 Å². The fourth-order valence-corrected chi connectivity index (χ4v) is 2.04. The Balaban J connectivity index is 1.85. The van der Waals surface area contributed by atoms with Gasteiger partial charge in [0.15, 0.2) is 0 Å². The van der Waals surface area contributed by atoms with Crippen molar-refractivity contribution in [3.63, 3.8) is 0 Å². The van der Waals surface area contributed by atoms with Crippen molar-refractivity contribution in [2.75, 3.05) is 6.61 Å². The first-order chi connectivity index (χ1) is 10.8. The van der Waals surface area contributed by atoms with E-state index in [4.69, 9.17) is 9.26 Å². The van der Waals surface area contributed by atoms with Gasteiger partial charge in [-0.2, -0.15) is 4.98 Å². The van der Waals surface area contributed by atoms with Crippen molar-refractivity contribution < 1.29 is 14.1 Å². The van der Waals surface area contributed by atoms with Crippen LogP contribution in [0.3, 0.4) is 0 Å². The van der Waals surface area contributed by atoms with E-state index in [-0.39, 0.29) is 12.5 Å². The van der Waals surface area contributed by atoms with Gasteiger partial charge in [0, 0.05) is 24.2 Å². The van der Waals surface area contributed by atoms with Gasteiger partial charge in [0.2, 0.25) is 5.82 Å². The molecule has 7 nitrogen and oxygen atoms in total. The van der Waals surface area contributed by atoms with E-state index in [2.05, 4.69) is 15.1 Å². The molecule has 0 saturated carbocycles. The first kappa shape index (κ1) is 14.0. The second-order valence-electron chi connectivity index (χ2n) is 4.49. The van der Waals surface area contributed by atoms with E-state index in [9.17, 15) is 4.79 Å². The van der Waals surface area contributed by atoms with E-state index in [1.165, 1.54) is 0 Å². The molecule has 0 N–H and O–H groups in total. The highest BCUT2D eigenvalue weighted by atomic mass is 16.5. The second kappa shape index (κ2) is 6.21. The van der Waals surface area contributed by atoms with Crippen LogP contribution in [0.15, 0.2) is 47.4 Å². The summed E-state index contributed by atoms with van der Waals surface area (Å²) in [7, 11) is 0. The predicted molar refractivity (Wildman–Crippen MR) is 77.6 cm³/mol. The fourth-order valence-electron chi connectivity index (χ4n) is 2.04. The lowest BCUT2D eigenvalue weighted by molar-refractivity contribution is -0.143. The molecule has 112 valence electrons. The number of hydrogen-bond donors (Lipinski definition) is 0. The molecule has 0 fully saturated rings. The van der Waals surface area contributed by atoms with Gasteiger partial charge in [-0.25, -0.2) is 0 Å². The zero-order valence-corrected chi connectivity index (χ0v) is 12.0. The van der Waals surface area contributed by atoms with Gasteiger partial charge in [-0.3, -0.25) is 9.78 Å². The van der Waals surface area contributed by atoms with Crippen LogP contribution >= 0.6 is 0 Å². The van der Waals surface area contributed by atoms with Crippen molar-refractivity contribution in [3.05, 3.63) is 42.9 Å². The van der Waals surface area contributed by atoms with Crippen molar-refractivity contribution in [2.24, 2.45) is 0 Å². The van der Waals surface area contributed by atoms with Gasteiger partial charge >= 0.3 is 5.97 Å². The third kappa shape index (κ3) is 2.88. The monoisotopic (exact) mass is 298 g/mol. The summed E-state index contributed by atoms with van der Waals surface area (Å²) in [5.41, 5.74) is 1.48. The number of ether oxygens (including phenoxy) is 1. The molecule has 0 aliphatic heterocycles. The summed E-state index contributed by atoms with van der Waals surface area (Å²) in [4.78, 5) is 19.9. The highest BCUT2D eigenvalue weighted by Gasteiger charge is 2.15. The molecule has 0 spiro atoms. The number of hydrogen-bond acceptors (Lipinski definition) is 6. The molecule has 3 aromatic rings. The summed E-state index contributed by atoms with van der Waals surface area (Å²) < 4.78 is 11.9. The van der Waals surface area contributed by atoms with Crippen LogP contribution in [0, 0.1) is 0 Å². The lowest BCUT2D eigenvalue weighted by Gasteiger charge is -2.05. The Morgan fingerprint density at radius 2 is 2.14 bits per heavy atom. The number of carbonyl (C=O) groups is 1. The number of nitrogens with zero attached hydrogens (tertiary/aromatic N) is 4. The quantitative estimate of drug-likeness (QED) is 0.671. The molecule has 0 aromatic carbocycles. The molecule has 0 aliphatic rings. The molecule has 0 bridgehead atoms. The van der Waals surface area contributed by atoms with Gasteiger partial charge in [-0.1, -0.05) is 5.16 Å². The summed E-state index contributed by atoms with van der Waals surface area (Å²) >= 11 is 0. The zero-order valence-electron chi connectivity index (χ0n) is 12.0. The largest absolute Gasteiger partial charge is 0.465 e. The molecular weight excluding hydrogens is 284 g/mol. The van der Waals surface area contributed by atoms with Gasteiger partial charge in [-0.15, -0.1) is 0 Å². The molecule has 3 rings (SSSR count). The number of pyridine rings is 1. The van der Waals surface area contributed by atoms with Crippen LogP contribution in [0.5, 0.6) is 0 Å². The number of carbonyl (C=O) groups excluding carboxylic acids is 1. The van der Waals surface area contributed by atoms with Gasteiger partial charge in [-0.05, 0) is 31.2 Å². The third-order valence-electron chi connectivity index (χ3n) is 3.02. The lowest BCUT2D eigenvalue weighted by Crippen LogP contribution is -2.13. The Morgan fingerprint density at radius 1 is 1.32 bits per heavy atom. The molecule has 0 aliphatic carbocycles. The van der Waals surface area contributed by atoms with Gasteiger partial charge < -0.3 is 13.8 Å². The Bertz CT molecular complexity index is 764. The normalized spacial score (nSPS) is 10.6. The highest BCUT2D eigenvalue weighted by molar-refractivity contribution is 5.70. The standard InChI is InChI=1S/C15H14N4O3/c1-2-21-13(20)10-19-9-3-4-12(19)15-17-14(18-22-15)11-5-7-16-8-6-11/h3-9H,2,10H2,1H3. The van der Waals surface area contributed by atoms with Crippen LogP contribution in [-0.4, -0.2) is 32.3 Å². The lowest BCUT2D eigenvalue weighted by atomic mass is 10.2. The average Bonchev–Trinajstić information content (AvgIpc) is 3.17. The van der Waals surface area contributed by atoms with E-state index in [1.54, 1.807) is 42.2 Å². The predicted octanol–water partition coefficient (Wildman–Crippen LogP) is 2.16. The first-order valence-electron chi connectivity index (χ1n) is 6.83. The summed E-state index contributed by atoms with van der Waals surface area (Å²) in [6, 6.07) is 7.21. The minimum atomic E-state index is -0.311. The molecule has 0 saturated heterocycles. The number of aromatic nitrogens is 4. The molecule has 3 aromatic heterocycles. The van der Waals surface area contributed by atoms with Crippen molar-refractivity contribution >= 4 is 5.97 Å². The van der Waals surface area contributed by atoms with Gasteiger partial charge in [0.05, 0.1) is 6.61 Å². The van der Waals surface area contributed by atoms with Crippen molar-refractivity contribution in [3.8, 4) is 23.0 Å². The third-order valence-corrected chi connectivity index (χ3v) is 3.02. The van der Waals surface area contributed by atoms with Gasteiger partial charge in [0.25, 0.3) is 5.89 Å². The summed E-state index contributed by atoms with van der Waals surface area (Å²) in [6.45, 7) is 2.22. The molecule has 0 radical (unpaired) electrons. The first-order valence-corrected chi connectivity index (χ1v) is 6.83. The Morgan fingerprint density at radius 3 is 2.91 bits per heavy atom. The molecule has 0 unspecified atom stereocenters. The van der Waals surface area contributed by atoms with Crippen LogP contribution in [0.1, 0.15) is 6.92 Å². The number of esters is 1. The molecule has 0 atom stereocenters. The maximum atomic E-state index is 11.6. The van der Waals surface area contributed by atoms with E-state index >= 15 is 0 Å². The fraction of sp³-hybridized carbons (Fsp3) is 0.200. The van der Waals surface area contributed by atoms with Crippen LogP contribution < -0.4 is 0 Å². The topological polar surface area (TPSA) is 83.0 Å². The molecule has 22 heavy (non-hydrogen) atoms. The molecule has 7 heteroatoms. The smallest absolute Gasteiger partial charge is 0.325 e. The average molecular weight is 298 g/mol. The Labute approximate surface area is 126 Å². The van der Waals surface area contributed by atoms with Crippen molar-refractivity contribution in [1.82, 2.24) is 19.7 Å². The second-order valence-corrected chi connectivity index (χ2v) is 4.49. The summed E-state index contributed by atoms with van der Waals surface area (Å²) in [5, 5.41) is 3.96. The van der Waals surface area contributed by atoms with Crippen LogP contribution in [-0.2, 0) is 16.1 Å². The van der Waals surface area contributed by atoms with Crippen molar-refractivity contribution in [1.29, 1.82) is 0 Å². The minimum Gasteiger partial charge on any atom is -0.465 e. The van der Waals surface area contributed by atoms with E-state index < -0.39 is 0 Å². The van der Waals surface area contributed by atoms with Crippen LogP contribution in [0.4, 0.5) is 0 Å². The Hall–Kier alpha value is -2.96. The van der Waals surface area contributed by atoms with E-state index in [1.807, 2.05) is 12.1 Å². The zero-order chi connectivity index (χ0) is 15.4. The van der Waals surface area contributed by atoms with Crippen LogP contribution in [0.2, 0.25) is 0 Å². The Kier molecular flexibility index (Phi) is 3.95. The maximum Gasteiger partial charge on any atom is 0.325 e. The SMILES string of the molecule is CCOC(=O)Cn1cccc1-c1nc(-c2ccncc2)no1. The molecular formula is C15H14N4O3. The highest BCUT2D eigenvalue weighted by Crippen LogP contribution is 2.22. The summed E-state index contributed by atoms with van der Waals surface area (Å²) in [6.07, 6.45) is 5.09. The number of rotatable bonds is 5. The van der Waals surface area contributed by atoms with Crippen molar-refractivity contribution in [2.45, 2.75) is 13.5 Å². The van der Waals surface area contributed by atoms with Gasteiger partial charge in [0.1, 0.15) is 12.2 Å². The van der Waals surface area contributed by atoms with E-state index in [0.29, 0.717) is 24.0 Å². The molecule has 0 amide bonds. The minimum absolute atomic E-state index is 0.100. The maximum absolute atomic E-state index is 11.6. The van der Waals surface area contributed by atoms with Crippen LogP contribution in [0.25, 0.3) is 23.0 Å². The summed E-state index contributed by atoms with van der Waals surface area (Å²) in [5.74, 6) is 0.510. The molecule has 3 heterocycles.